The normalized spacial score (nSPS) is 12.9. The number of hydrogen-bond donors (Lipinski definition) is 2. The van der Waals surface area contributed by atoms with E-state index in [-0.39, 0.29) is 6.42 Å². The van der Waals surface area contributed by atoms with Crippen LogP contribution in [0.25, 0.3) is 0 Å². The summed E-state index contributed by atoms with van der Waals surface area (Å²) >= 11 is 0. The van der Waals surface area contributed by atoms with Crippen molar-refractivity contribution in [1.29, 1.82) is 0 Å². The van der Waals surface area contributed by atoms with Crippen LogP contribution >= 0.6 is 0 Å². The highest BCUT2D eigenvalue weighted by atomic mass is 16.4. The summed E-state index contributed by atoms with van der Waals surface area (Å²) in [5.74, 6) is -0.913. The summed E-state index contributed by atoms with van der Waals surface area (Å²) in [7, 11) is 0. The Kier molecular flexibility index (Phi) is 14.9. The largest absolute Gasteiger partial charge is 0.481 e. The van der Waals surface area contributed by atoms with Crippen molar-refractivity contribution >= 4 is 5.97 Å². The van der Waals surface area contributed by atoms with Crippen molar-refractivity contribution in [3.8, 4) is 0 Å². The quantitative estimate of drug-likeness (QED) is 0.327. The molecule has 0 saturated carbocycles. The van der Waals surface area contributed by atoms with Crippen molar-refractivity contribution in [3.63, 3.8) is 0 Å². The van der Waals surface area contributed by atoms with Gasteiger partial charge < -0.3 is 10.2 Å². The molecular weight excluding hydrogens is 264 g/mol. The summed E-state index contributed by atoms with van der Waals surface area (Å²) in [6.07, 6.45) is 17.9. The van der Waals surface area contributed by atoms with E-state index < -0.39 is 12.1 Å². The van der Waals surface area contributed by atoms with Crippen LogP contribution in [0.4, 0.5) is 0 Å². The molecule has 0 aromatic carbocycles. The first-order valence-electron chi connectivity index (χ1n) is 8.71. The number of allylic oxidation sites excluding steroid dienone is 2. The molecule has 3 heteroatoms. The minimum Gasteiger partial charge on any atom is -0.481 e. The number of carboxylic acids is 1. The van der Waals surface area contributed by atoms with E-state index in [1.807, 2.05) is 0 Å². The third-order valence-corrected chi connectivity index (χ3v) is 3.71. The zero-order chi connectivity index (χ0) is 15.8. The highest BCUT2D eigenvalue weighted by Crippen LogP contribution is 2.11. The van der Waals surface area contributed by atoms with Gasteiger partial charge in [0, 0.05) is 0 Å². The van der Waals surface area contributed by atoms with Gasteiger partial charge in [0.05, 0.1) is 12.5 Å². The Morgan fingerprint density at radius 2 is 1.43 bits per heavy atom. The van der Waals surface area contributed by atoms with Crippen LogP contribution in [0, 0.1) is 0 Å². The van der Waals surface area contributed by atoms with Crippen LogP contribution in [0.5, 0.6) is 0 Å². The molecule has 0 aliphatic heterocycles. The molecule has 21 heavy (non-hydrogen) atoms. The Balaban J connectivity index is 3.18. The van der Waals surface area contributed by atoms with E-state index in [1.165, 1.54) is 57.8 Å². The second-order valence-corrected chi connectivity index (χ2v) is 5.92. The van der Waals surface area contributed by atoms with Crippen LogP contribution in [-0.2, 0) is 4.79 Å². The standard InChI is InChI=1S/C18H34O3/c1-2-3-4-5-6-7-8-9-10-11-12-13-14-15-17(19)16-18(20)21/h7-8,17,19H,2-6,9-16H2,1H3,(H,20,21)/b8-7+. The van der Waals surface area contributed by atoms with Crippen molar-refractivity contribution in [2.45, 2.75) is 96.5 Å². The summed E-state index contributed by atoms with van der Waals surface area (Å²) in [5, 5.41) is 17.9. The van der Waals surface area contributed by atoms with Crippen molar-refractivity contribution in [2.24, 2.45) is 0 Å². The Bertz CT molecular complexity index is 261. The number of carboxylic acid groups (broad SMARTS) is 1. The van der Waals surface area contributed by atoms with Crippen molar-refractivity contribution in [1.82, 2.24) is 0 Å². The summed E-state index contributed by atoms with van der Waals surface area (Å²) in [6.45, 7) is 2.24. The molecule has 0 aromatic heterocycles. The van der Waals surface area contributed by atoms with Gasteiger partial charge in [-0.15, -0.1) is 0 Å². The molecule has 0 rings (SSSR count). The van der Waals surface area contributed by atoms with E-state index in [1.54, 1.807) is 0 Å². The topological polar surface area (TPSA) is 57.5 Å². The third kappa shape index (κ3) is 17.1. The van der Waals surface area contributed by atoms with E-state index in [2.05, 4.69) is 19.1 Å². The molecule has 124 valence electrons. The molecule has 0 heterocycles. The molecule has 0 bridgehead atoms. The zero-order valence-electron chi connectivity index (χ0n) is 13.7. The predicted octanol–water partition coefficient (Wildman–Crippen LogP) is 5.08. The molecule has 0 spiro atoms. The van der Waals surface area contributed by atoms with Crippen LogP contribution in [0.2, 0.25) is 0 Å². The second kappa shape index (κ2) is 15.6. The molecule has 0 aliphatic rings. The highest BCUT2D eigenvalue weighted by molar-refractivity contribution is 5.67. The van der Waals surface area contributed by atoms with Crippen LogP contribution in [-0.4, -0.2) is 22.3 Å². The fourth-order valence-electron chi connectivity index (χ4n) is 2.40. The smallest absolute Gasteiger partial charge is 0.305 e. The molecule has 0 saturated heterocycles. The Hall–Kier alpha value is -0.830. The van der Waals surface area contributed by atoms with E-state index in [0.29, 0.717) is 6.42 Å². The number of rotatable bonds is 15. The fraction of sp³-hybridized carbons (Fsp3) is 0.833. The number of unbranched alkanes of at least 4 members (excludes halogenated alkanes) is 9. The fourth-order valence-corrected chi connectivity index (χ4v) is 2.40. The second-order valence-electron chi connectivity index (χ2n) is 5.92. The SMILES string of the molecule is CCCCCC/C=C/CCCCCCCC(O)CC(=O)O. The van der Waals surface area contributed by atoms with Crippen molar-refractivity contribution < 1.29 is 15.0 Å². The monoisotopic (exact) mass is 298 g/mol. The Morgan fingerprint density at radius 1 is 0.905 bits per heavy atom. The Labute approximate surface area is 130 Å². The molecule has 0 aromatic rings. The molecule has 2 N–H and O–H groups in total. The van der Waals surface area contributed by atoms with Gasteiger partial charge in [0.15, 0.2) is 0 Å². The van der Waals surface area contributed by atoms with Crippen LogP contribution in [0.3, 0.4) is 0 Å². The van der Waals surface area contributed by atoms with Gasteiger partial charge in [-0.1, -0.05) is 64.0 Å². The number of aliphatic hydroxyl groups excluding tert-OH is 1. The third-order valence-electron chi connectivity index (χ3n) is 3.71. The first-order chi connectivity index (χ1) is 10.2. The summed E-state index contributed by atoms with van der Waals surface area (Å²) in [4.78, 5) is 10.4. The lowest BCUT2D eigenvalue weighted by Gasteiger charge is -2.06. The van der Waals surface area contributed by atoms with Crippen LogP contribution in [0.15, 0.2) is 12.2 Å². The summed E-state index contributed by atoms with van der Waals surface area (Å²) in [6, 6.07) is 0. The first-order valence-corrected chi connectivity index (χ1v) is 8.71. The molecule has 1 unspecified atom stereocenters. The van der Waals surface area contributed by atoms with Gasteiger partial charge in [0.25, 0.3) is 0 Å². The molecule has 0 radical (unpaired) electrons. The average molecular weight is 298 g/mol. The van der Waals surface area contributed by atoms with Crippen molar-refractivity contribution in [3.05, 3.63) is 12.2 Å². The van der Waals surface area contributed by atoms with Gasteiger partial charge in [-0.3, -0.25) is 4.79 Å². The van der Waals surface area contributed by atoms with E-state index in [0.717, 1.165) is 12.8 Å². The van der Waals surface area contributed by atoms with E-state index in [4.69, 9.17) is 5.11 Å². The Morgan fingerprint density at radius 3 is 2.00 bits per heavy atom. The predicted molar refractivity (Wildman–Crippen MR) is 88.5 cm³/mol. The maximum atomic E-state index is 10.4. The van der Waals surface area contributed by atoms with Gasteiger partial charge in [-0.05, 0) is 32.1 Å². The van der Waals surface area contributed by atoms with Gasteiger partial charge >= 0.3 is 5.97 Å². The highest BCUT2D eigenvalue weighted by Gasteiger charge is 2.08. The van der Waals surface area contributed by atoms with Crippen LogP contribution in [0.1, 0.15) is 90.4 Å². The maximum absolute atomic E-state index is 10.4. The molecule has 0 fully saturated rings. The summed E-state index contributed by atoms with van der Waals surface area (Å²) < 4.78 is 0. The van der Waals surface area contributed by atoms with Crippen LogP contribution < -0.4 is 0 Å². The van der Waals surface area contributed by atoms with Gasteiger partial charge in [-0.2, -0.15) is 0 Å². The van der Waals surface area contributed by atoms with E-state index >= 15 is 0 Å². The number of hydrogen-bond acceptors (Lipinski definition) is 2. The molecule has 3 nitrogen and oxygen atoms in total. The molecular formula is C18H34O3. The number of aliphatic hydroxyl groups is 1. The lowest BCUT2D eigenvalue weighted by molar-refractivity contribution is -0.139. The van der Waals surface area contributed by atoms with Gasteiger partial charge in [0.1, 0.15) is 0 Å². The average Bonchev–Trinajstić information content (AvgIpc) is 2.43. The maximum Gasteiger partial charge on any atom is 0.305 e. The lowest BCUT2D eigenvalue weighted by atomic mass is 10.1. The summed E-state index contributed by atoms with van der Waals surface area (Å²) in [5.41, 5.74) is 0. The van der Waals surface area contributed by atoms with Gasteiger partial charge in [-0.25, -0.2) is 0 Å². The number of carbonyl (C=O) groups is 1. The lowest BCUT2D eigenvalue weighted by Crippen LogP contribution is -2.12. The molecule has 0 amide bonds. The minimum atomic E-state index is -0.913. The molecule has 1 atom stereocenters. The zero-order valence-corrected chi connectivity index (χ0v) is 13.7. The first kappa shape index (κ1) is 20.2. The molecule has 0 aliphatic carbocycles. The minimum absolute atomic E-state index is 0.122. The number of aliphatic carboxylic acids is 1. The van der Waals surface area contributed by atoms with Crippen molar-refractivity contribution in [2.75, 3.05) is 0 Å². The van der Waals surface area contributed by atoms with Gasteiger partial charge in [0.2, 0.25) is 0 Å². The van der Waals surface area contributed by atoms with E-state index in [9.17, 15) is 9.90 Å².